The van der Waals surface area contributed by atoms with E-state index in [0.29, 0.717) is 28.0 Å². The second-order valence-electron chi connectivity index (χ2n) is 6.58. The number of methoxy groups -OCH3 is 3. The second kappa shape index (κ2) is 8.39. The Hall–Kier alpha value is -2.60. The summed E-state index contributed by atoms with van der Waals surface area (Å²) in [6, 6.07) is 8.60. The van der Waals surface area contributed by atoms with Crippen LogP contribution in [0.4, 0.5) is 10.5 Å². The Morgan fingerprint density at radius 1 is 0.963 bits per heavy atom. The van der Waals surface area contributed by atoms with Crippen LogP contribution in [0, 0.1) is 6.92 Å². The molecule has 0 aliphatic heterocycles. The van der Waals surface area contributed by atoms with Gasteiger partial charge in [-0.25, -0.2) is 4.79 Å². The summed E-state index contributed by atoms with van der Waals surface area (Å²) in [6.45, 7) is 5.66. The Kier molecular flexibility index (Phi) is 6.44. The van der Waals surface area contributed by atoms with Crippen molar-refractivity contribution in [1.29, 1.82) is 0 Å². The summed E-state index contributed by atoms with van der Waals surface area (Å²) in [5.74, 6) is 1.72. The van der Waals surface area contributed by atoms with Gasteiger partial charge in [0.2, 0.25) is 0 Å². The van der Waals surface area contributed by atoms with E-state index in [1.54, 1.807) is 32.4 Å². The van der Waals surface area contributed by atoms with Gasteiger partial charge in [0.05, 0.1) is 32.6 Å². The Bertz CT molecular complexity index is 837. The minimum Gasteiger partial charge on any atom is -0.495 e. The van der Waals surface area contributed by atoms with Crippen molar-refractivity contribution in [1.82, 2.24) is 5.32 Å². The van der Waals surface area contributed by atoms with Gasteiger partial charge in [0.1, 0.15) is 5.75 Å². The lowest BCUT2D eigenvalue weighted by Gasteiger charge is -2.28. The summed E-state index contributed by atoms with van der Waals surface area (Å²) in [4.78, 5) is 12.6. The minimum atomic E-state index is -0.654. The quantitative estimate of drug-likeness (QED) is 0.745. The third-order valence-corrected chi connectivity index (χ3v) is 4.67. The number of halogens is 1. The van der Waals surface area contributed by atoms with Crippen molar-refractivity contribution in [3.63, 3.8) is 0 Å². The Morgan fingerprint density at radius 2 is 1.59 bits per heavy atom. The minimum absolute atomic E-state index is 0.366. The number of rotatable bonds is 6. The number of carbonyl (C=O) groups is 1. The third kappa shape index (κ3) is 4.77. The summed E-state index contributed by atoms with van der Waals surface area (Å²) in [7, 11) is 4.68. The van der Waals surface area contributed by atoms with Gasteiger partial charge >= 0.3 is 6.03 Å². The van der Waals surface area contributed by atoms with Crippen molar-refractivity contribution in [2.75, 3.05) is 26.6 Å². The Balaban J connectivity index is 2.21. The molecule has 2 N–H and O–H groups in total. The van der Waals surface area contributed by atoms with E-state index in [0.717, 1.165) is 11.1 Å². The van der Waals surface area contributed by atoms with Crippen LogP contribution in [0.2, 0.25) is 5.02 Å². The van der Waals surface area contributed by atoms with Gasteiger partial charge in [-0.05, 0) is 50.1 Å². The van der Waals surface area contributed by atoms with Crippen molar-refractivity contribution >= 4 is 23.3 Å². The summed E-state index contributed by atoms with van der Waals surface area (Å²) in [5.41, 5.74) is 1.60. The molecule has 2 aromatic rings. The maximum absolute atomic E-state index is 12.6. The molecule has 7 heteroatoms. The molecular weight excluding hydrogens is 368 g/mol. The van der Waals surface area contributed by atoms with Crippen LogP contribution in [0.1, 0.15) is 25.0 Å². The summed E-state index contributed by atoms with van der Waals surface area (Å²) < 4.78 is 15.9. The van der Waals surface area contributed by atoms with Crippen molar-refractivity contribution in [3.05, 3.63) is 46.5 Å². The average molecular weight is 393 g/mol. The first-order valence-corrected chi connectivity index (χ1v) is 8.75. The molecule has 2 aromatic carbocycles. The molecule has 0 heterocycles. The number of carbonyl (C=O) groups excluding carboxylic acids is 1. The molecule has 0 aliphatic carbocycles. The number of nitrogens with one attached hydrogen (secondary N) is 2. The standard InChI is InChI=1S/C20H25ClN2O4/c1-12-9-15(17(26-5)11-14(12)21)22-19(24)23-20(2,3)13-7-8-16(25-4)18(10-13)27-6/h7-11H,1-6H3,(H2,22,23,24). The van der Waals surface area contributed by atoms with Gasteiger partial charge in [0.25, 0.3) is 0 Å². The number of amides is 2. The molecule has 2 rings (SSSR count). The summed E-state index contributed by atoms with van der Waals surface area (Å²) in [6.07, 6.45) is 0. The molecular formula is C20H25ClN2O4. The van der Waals surface area contributed by atoms with Gasteiger partial charge in [0, 0.05) is 11.1 Å². The largest absolute Gasteiger partial charge is 0.495 e. The van der Waals surface area contributed by atoms with Crippen LogP contribution in [0.25, 0.3) is 0 Å². The number of aryl methyl sites for hydroxylation is 1. The van der Waals surface area contributed by atoms with Crippen LogP contribution in [0.3, 0.4) is 0 Å². The molecule has 146 valence electrons. The van der Waals surface area contributed by atoms with E-state index in [1.807, 2.05) is 32.9 Å². The molecule has 6 nitrogen and oxygen atoms in total. The number of anilines is 1. The lowest BCUT2D eigenvalue weighted by molar-refractivity contribution is 0.241. The molecule has 0 bridgehead atoms. The van der Waals surface area contributed by atoms with Gasteiger partial charge in [0.15, 0.2) is 11.5 Å². The molecule has 0 saturated carbocycles. The first-order valence-electron chi connectivity index (χ1n) is 8.37. The fourth-order valence-electron chi connectivity index (χ4n) is 2.66. The topological polar surface area (TPSA) is 68.8 Å². The molecule has 2 amide bonds. The molecule has 0 aromatic heterocycles. The van der Waals surface area contributed by atoms with Crippen LogP contribution >= 0.6 is 11.6 Å². The molecule has 0 spiro atoms. The first kappa shape index (κ1) is 20.7. The van der Waals surface area contributed by atoms with E-state index in [1.165, 1.54) is 7.11 Å². The normalized spacial score (nSPS) is 10.9. The van der Waals surface area contributed by atoms with Crippen molar-refractivity contribution in [3.8, 4) is 17.2 Å². The predicted molar refractivity (Wildman–Crippen MR) is 107 cm³/mol. The number of urea groups is 1. The highest BCUT2D eigenvalue weighted by Gasteiger charge is 2.25. The van der Waals surface area contributed by atoms with E-state index >= 15 is 0 Å². The van der Waals surface area contributed by atoms with Crippen molar-refractivity contribution in [2.24, 2.45) is 0 Å². The van der Waals surface area contributed by atoms with Crippen LogP contribution in [0.15, 0.2) is 30.3 Å². The van der Waals surface area contributed by atoms with E-state index in [4.69, 9.17) is 25.8 Å². The molecule has 0 aliphatic rings. The lowest BCUT2D eigenvalue weighted by Crippen LogP contribution is -2.43. The van der Waals surface area contributed by atoms with E-state index in [-0.39, 0.29) is 6.03 Å². The highest BCUT2D eigenvalue weighted by molar-refractivity contribution is 6.31. The first-order chi connectivity index (χ1) is 12.7. The zero-order chi connectivity index (χ0) is 20.2. The van der Waals surface area contributed by atoms with E-state index < -0.39 is 5.54 Å². The Morgan fingerprint density at radius 3 is 2.19 bits per heavy atom. The summed E-state index contributed by atoms with van der Waals surface area (Å²) >= 11 is 6.11. The summed E-state index contributed by atoms with van der Waals surface area (Å²) in [5, 5.41) is 6.35. The van der Waals surface area contributed by atoms with Gasteiger partial charge in [-0.3, -0.25) is 0 Å². The maximum atomic E-state index is 12.6. The smallest absolute Gasteiger partial charge is 0.320 e. The predicted octanol–water partition coefficient (Wildman–Crippen LogP) is 4.73. The molecule has 0 saturated heterocycles. The zero-order valence-electron chi connectivity index (χ0n) is 16.4. The molecule has 0 atom stereocenters. The number of ether oxygens (including phenoxy) is 3. The van der Waals surface area contributed by atoms with Crippen LogP contribution in [-0.4, -0.2) is 27.4 Å². The monoisotopic (exact) mass is 392 g/mol. The van der Waals surface area contributed by atoms with Gasteiger partial charge in [-0.15, -0.1) is 0 Å². The third-order valence-electron chi connectivity index (χ3n) is 4.26. The molecule has 27 heavy (non-hydrogen) atoms. The van der Waals surface area contributed by atoms with Crippen molar-refractivity contribution in [2.45, 2.75) is 26.3 Å². The fraction of sp³-hybridized carbons (Fsp3) is 0.350. The van der Waals surface area contributed by atoms with E-state index in [2.05, 4.69) is 10.6 Å². The molecule has 0 fully saturated rings. The zero-order valence-corrected chi connectivity index (χ0v) is 17.2. The second-order valence-corrected chi connectivity index (χ2v) is 6.98. The molecule has 0 unspecified atom stereocenters. The van der Waals surface area contributed by atoms with Crippen LogP contribution < -0.4 is 24.8 Å². The van der Waals surface area contributed by atoms with Gasteiger partial charge < -0.3 is 24.8 Å². The maximum Gasteiger partial charge on any atom is 0.320 e. The fourth-order valence-corrected chi connectivity index (χ4v) is 2.82. The highest BCUT2D eigenvalue weighted by Crippen LogP contribution is 2.33. The van der Waals surface area contributed by atoms with Gasteiger partial charge in [-0.1, -0.05) is 17.7 Å². The SMILES string of the molecule is COc1cc(Cl)c(C)cc1NC(=O)NC(C)(C)c1ccc(OC)c(OC)c1. The molecule has 0 radical (unpaired) electrons. The average Bonchev–Trinajstić information content (AvgIpc) is 2.63. The number of hydrogen-bond acceptors (Lipinski definition) is 4. The van der Waals surface area contributed by atoms with Crippen LogP contribution in [-0.2, 0) is 5.54 Å². The van der Waals surface area contributed by atoms with Crippen molar-refractivity contribution < 1.29 is 19.0 Å². The van der Waals surface area contributed by atoms with Crippen LogP contribution in [0.5, 0.6) is 17.2 Å². The number of hydrogen-bond donors (Lipinski definition) is 2. The lowest BCUT2D eigenvalue weighted by atomic mass is 9.94. The van der Waals surface area contributed by atoms with Gasteiger partial charge in [-0.2, -0.15) is 0 Å². The highest BCUT2D eigenvalue weighted by atomic mass is 35.5. The number of benzene rings is 2. The Labute approximate surface area is 164 Å². The van der Waals surface area contributed by atoms with E-state index in [9.17, 15) is 4.79 Å².